The van der Waals surface area contributed by atoms with E-state index in [9.17, 15) is 4.39 Å². The maximum Gasteiger partial charge on any atom is 0.204 e. The van der Waals surface area contributed by atoms with Crippen LogP contribution in [0.15, 0.2) is 22.7 Å². The van der Waals surface area contributed by atoms with Gasteiger partial charge in [-0.3, -0.25) is 0 Å². The maximum atomic E-state index is 13.3. The number of nitrogens with zero attached hydrogens (tertiary/aromatic N) is 1. The quantitative estimate of drug-likeness (QED) is 0.787. The largest absolute Gasteiger partial charge is 0.363 e. The molecule has 0 spiro atoms. The Bertz CT molecular complexity index is 526. The second-order valence-corrected chi connectivity index (χ2v) is 3.54. The molecule has 0 saturated heterocycles. The van der Waals surface area contributed by atoms with Gasteiger partial charge in [0.2, 0.25) is 5.58 Å². The normalized spacial score (nSPS) is 10.4. The van der Waals surface area contributed by atoms with Crippen LogP contribution in [0.5, 0.6) is 0 Å². The first-order chi connectivity index (χ1) is 7.72. The van der Waals surface area contributed by atoms with E-state index in [1.54, 1.807) is 12.1 Å². The number of para-hydroxylation sites is 1. The third kappa shape index (κ3) is 1.96. The minimum atomic E-state index is -0.438. The lowest BCUT2D eigenvalue weighted by atomic mass is 10.2. The number of thiocarbonyl (C=S) groups is 1. The maximum absolute atomic E-state index is 13.3. The summed E-state index contributed by atoms with van der Waals surface area (Å²) in [6, 6.07) is 4.63. The molecule has 0 fully saturated rings. The van der Waals surface area contributed by atoms with E-state index in [4.69, 9.17) is 16.7 Å². The van der Waals surface area contributed by atoms with Gasteiger partial charge in [0.25, 0.3) is 0 Å². The Kier molecular flexibility index (Phi) is 3.00. The number of hydrogen-bond acceptors (Lipinski definition) is 3. The predicted molar refractivity (Wildman–Crippen MR) is 63.9 cm³/mol. The second-order valence-electron chi connectivity index (χ2n) is 3.13. The van der Waals surface area contributed by atoms with Gasteiger partial charge in [-0.25, -0.2) is 4.39 Å². The van der Waals surface area contributed by atoms with Gasteiger partial charge < -0.3 is 15.2 Å². The Morgan fingerprint density at radius 2 is 2.38 bits per heavy atom. The molecule has 0 aliphatic heterocycles. The van der Waals surface area contributed by atoms with E-state index in [1.165, 1.54) is 6.07 Å². The Morgan fingerprint density at radius 1 is 1.56 bits per heavy atom. The molecule has 2 aromatic rings. The SMILES string of the molecule is CCNC(=S)Nc1noc2c(F)cccc12. The van der Waals surface area contributed by atoms with Gasteiger partial charge >= 0.3 is 0 Å². The van der Waals surface area contributed by atoms with Crippen molar-refractivity contribution in [3.05, 3.63) is 24.0 Å². The van der Waals surface area contributed by atoms with Gasteiger partial charge in [0.1, 0.15) is 0 Å². The number of halogens is 1. The molecule has 2 rings (SSSR count). The Labute approximate surface area is 96.8 Å². The minimum Gasteiger partial charge on any atom is -0.363 e. The van der Waals surface area contributed by atoms with Crippen molar-refractivity contribution < 1.29 is 8.91 Å². The Hall–Kier alpha value is -1.69. The summed E-state index contributed by atoms with van der Waals surface area (Å²) in [6.07, 6.45) is 0. The molecular formula is C10H10FN3OS. The van der Waals surface area contributed by atoms with Crippen LogP contribution in [0.4, 0.5) is 10.2 Å². The molecule has 1 aromatic heterocycles. The van der Waals surface area contributed by atoms with Crippen LogP contribution in [0.2, 0.25) is 0 Å². The third-order valence-corrected chi connectivity index (χ3v) is 2.27. The molecule has 4 nitrogen and oxygen atoms in total. The van der Waals surface area contributed by atoms with Crippen molar-refractivity contribution in [1.29, 1.82) is 0 Å². The minimum absolute atomic E-state index is 0.129. The van der Waals surface area contributed by atoms with Gasteiger partial charge in [-0.1, -0.05) is 11.2 Å². The highest BCUT2D eigenvalue weighted by atomic mass is 32.1. The first kappa shape index (κ1) is 10.8. The second kappa shape index (κ2) is 4.44. The molecule has 2 N–H and O–H groups in total. The van der Waals surface area contributed by atoms with Crippen LogP contribution < -0.4 is 10.6 Å². The zero-order chi connectivity index (χ0) is 11.5. The molecular weight excluding hydrogens is 229 g/mol. The predicted octanol–water partition coefficient (Wildman–Crippen LogP) is 2.27. The molecule has 0 radical (unpaired) electrons. The van der Waals surface area contributed by atoms with Crippen molar-refractivity contribution in [3.8, 4) is 0 Å². The summed E-state index contributed by atoms with van der Waals surface area (Å²) in [7, 11) is 0. The monoisotopic (exact) mass is 239 g/mol. The molecule has 84 valence electrons. The highest BCUT2D eigenvalue weighted by Crippen LogP contribution is 2.24. The molecule has 0 amide bonds. The van der Waals surface area contributed by atoms with E-state index in [2.05, 4.69) is 15.8 Å². The van der Waals surface area contributed by atoms with Crippen LogP contribution in [0.3, 0.4) is 0 Å². The third-order valence-electron chi connectivity index (χ3n) is 2.02. The summed E-state index contributed by atoms with van der Waals surface area (Å²) in [6.45, 7) is 2.63. The molecule has 16 heavy (non-hydrogen) atoms. The van der Waals surface area contributed by atoms with Gasteiger partial charge in [0, 0.05) is 6.54 Å². The van der Waals surface area contributed by atoms with Crippen LogP contribution in [-0.2, 0) is 0 Å². The van der Waals surface area contributed by atoms with E-state index in [1.807, 2.05) is 6.92 Å². The number of fused-ring (bicyclic) bond motifs is 1. The average Bonchev–Trinajstić information content (AvgIpc) is 2.64. The fourth-order valence-corrected chi connectivity index (χ4v) is 1.57. The van der Waals surface area contributed by atoms with Crippen molar-refractivity contribution in [3.63, 3.8) is 0 Å². The lowest BCUT2D eigenvalue weighted by molar-refractivity contribution is 0.443. The standard InChI is InChI=1S/C10H10FN3OS/c1-2-12-10(16)13-9-6-4-3-5-7(11)8(6)15-14-9/h3-5H,2H2,1H3,(H2,12,13,14,16). The summed E-state index contributed by atoms with van der Waals surface area (Å²) in [5.41, 5.74) is 0.129. The number of benzene rings is 1. The smallest absolute Gasteiger partial charge is 0.204 e. The molecule has 0 saturated carbocycles. The Balaban J connectivity index is 2.32. The van der Waals surface area contributed by atoms with Crippen molar-refractivity contribution in [2.45, 2.75) is 6.92 Å². The number of nitrogens with one attached hydrogen (secondary N) is 2. The Morgan fingerprint density at radius 3 is 3.12 bits per heavy atom. The lowest BCUT2D eigenvalue weighted by Crippen LogP contribution is -2.28. The molecule has 0 unspecified atom stereocenters. The summed E-state index contributed by atoms with van der Waals surface area (Å²) in [4.78, 5) is 0. The van der Waals surface area contributed by atoms with Gasteiger partial charge in [0.15, 0.2) is 16.7 Å². The molecule has 0 bridgehead atoms. The zero-order valence-corrected chi connectivity index (χ0v) is 9.40. The van der Waals surface area contributed by atoms with Crippen molar-refractivity contribution >= 4 is 34.1 Å². The lowest BCUT2D eigenvalue weighted by Gasteiger charge is -2.04. The van der Waals surface area contributed by atoms with Gasteiger partial charge in [0.05, 0.1) is 5.39 Å². The number of aromatic nitrogens is 1. The summed E-state index contributed by atoms with van der Waals surface area (Å²) in [5, 5.41) is 10.5. The summed E-state index contributed by atoms with van der Waals surface area (Å²) < 4.78 is 18.2. The molecule has 1 heterocycles. The fraction of sp³-hybridized carbons (Fsp3) is 0.200. The van der Waals surface area contributed by atoms with Crippen LogP contribution in [0.1, 0.15) is 6.92 Å². The van der Waals surface area contributed by atoms with Crippen molar-refractivity contribution in [1.82, 2.24) is 10.5 Å². The van der Waals surface area contributed by atoms with E-state index >= 15 is 0 Å². The number of anilines is 1. The van der Waals surface area contributed by atoms with Crippen LogP contribution >= 0.6 is 12.2 Å². The van der Waals surface area contributed by atoms with Crippen LogP contribution in [0.25, 0.3) is 11.0 Å². The molecule has 1 aromatic carbocycles. The van der Waals surface area contributed by atoms with E-state index in [0.29, 0.717) is 22.9 Å². The van der Waals surface area contributed by atoms with E-state index in [-0.39, 0.29) is 5.58 Å². The highest BCUT2D eigenvalue weighted by molar-refractivity contribution is 7.80. The first-order valence-electron chi connectivity index (χ1n) is 4.81. The zero-order valence-electron chi connectivity index (χ0n) is 8.58. The first-order valence-corrected chi connectivity index (χ1v) is 5.22. The molecule has 0 aliphatic rings. The highest BCUT2D eigenvalue weighted by Gasteiger charge is 2.12. The molecule has 6 heteroatoms. The summed E-state index contributed by atoms with van der Waals surface area (Å²) in [5.74, 6) is -0.0205. The number of rotatable bonds is 2. The van der Waals surface area contributed by atoms with Gasteiger partial charge in [-0.05, 0) is 31.3 Å². The van der Waals surface area contributed by atoms with Crippen molar-refractivity contribution in [2.24, 2.45) is 0 Å². The molecule has 0 aliphatic carbocycles. The molecule has 0 atom stereocenters. The van der Waals surface area contributed by atoms with Gasteiger partial charge in [-0.2, -0.15) is 0 Å². The topological polar surface area (TPSA) is 50.1 Å². The fourth-order valence-electron chi connectivity index (χ4n) is 1.33. The van der Waals surface area contributed by atoms with E-state index in [0.717, 1.165) is 0 Å². The summed E-state index contributed by atoms with van der Waals surface area (Å²) >= 11 is 5.00. The van der Waals surface area contributed by atoms with E-state index < -0.39 is 5.82 Å². The van der Waals surface area contributed by atoms with Crippen LogP contribution in [0, 0.1) is 5.82 Å². The number of hydrogen-bond donors (Lipinski definition) is 2. The van der Waals surface area contributed by atoms with Crippen LogP contribution in [-0.4, -0.2) is 16.8 Å². The average molecular weight is 239 g/mol. The van der Waals surface area contributed by atoms with Gasteiger partial charge in [-0.15, -0.1) is 0 Å². The van der Waals surface area contributed by atoms with Crippen molar-refractivity contribution in [2.75, 3.05) is 11.9 Å².